The molecular weight excluding hydrogens is 294 g/mol. The average molecular weight is 312 g/mol. The molecule has 1 aromatic carbocycles. The highest BCUT2D eigenvalue weighted by Gasteiger charge is 2.25. The molecule has 18 heavy (non-hydrogen) atoms. The van der Waals surface area contributed by atoms with E-state index in [1.807, 2.05) is 29.2 Å². The maximum Gasteiger partial charge on any atom is 0.254 e. The Bertz CT molecular complexity index is 422. The van der Waals surface area contributed by atoms with Gasteiger partial charge in [-0.2, -0.15) is 0 Å². The van der Waals surface area contributed by atoms with Gasteiger partial charge in [-0.3, -0.25) is 4.79 Å². The predicted molar refractivity (Wildman–Crippen MR) is 75.3 cm³/mol. The molecule has 2 rings (SSSR count). The fraction of sp³-hybridized carbons (Fsp3) is 0.500. The molecule has 0 radical (unpaired) electrons. The molecule has 0 aromatic heterocycles. The number of carbonyl (C=O) groups is 1. The van der Waals surface area contributed by atoms with Gasteiger partial charge in [-0.1, -0.05) is 41.1 Å². The van der Waals surface area contributed by atoms with Crippen LogP contribution in [0.4, 0.5) is 0 Å². The predicted octanol–water partition coefficient (Wildman–Crippen LogP) is 2.48. The van der Waals surface area contributed by atoms with E-state index in [0.717, 1.165) is 22.9 Å². The topological polar surface area (TPSA) is 29.5 Å². The Labute approximate surface area is 116 Å². The lowest BCUT2D eigenvalue weighted by molar-refractivity contribution is -0.00969. The van der Waals surface area contributed by atoms with Crippen LogP contribution in [0.2, 0.25) is 0 Å². The van der Waals surface area contributed by atoms with Crippen molar-refractivity contribution in [1.82, 2.24) is 4.90 Å². The zero-order chi connectivity index (χ0) is 13.0. The lowest BCUT2D eigenvalue weighted by atomic mass is 10.0. The van der Waals surface area contributed by atoms with Gasteiger partial charge in [0.15, 0.2) is 0 Å². The van der Waals surface area contributed by atoms with Crippen molar-refractivity contribution >= 4 is 21.8 Å². The van der Waals surface area contributed by atoms with Gasteiger partial charge in [0.05, 0.1) is 12.7 Å². The molecule has 1 amide bonds. The van der Waals surface area contributed by atoms with Crippen molar-refractivity contribution in [3.8, 4) is 0 Å². The molecule has 1 aromatic rings. The molecule has 0 spiro atoms. The number of rotatable bonds is 3. The van der Waals surface area contributed by atoms with E-state index < -0.39 is 0 Å². The van der Waals surface area contributed by atoms with Gasteiger partial charge in [0, 0.05) is 24.0 Å². The summed E-state index contributed by atoms with van der Waals surface area (Å²) in [5, 5.41) is 0.770. The Hall–Kier alpha value is -0.870. The van der Waals surface area contributed by atoms with E-state index in [-0.39, 0.29) is 12.0 Å². The Morgan fingerprint density at radius 3 is 3.00 bits per heavy atom. The highest BCUT2D eigenvalue weighted by Crippen LogP contribution is 2.15. The molecule has 3 nitrogen and oxygen atoms in total. The zero-order valence-corrected chi connectivity index (χ0v) is 12.1. The first-order valence-corrected chi connectivity index (χ1v) is 7.43. The van der Waals surface area contributed by atoms with E-state index in [1.165, 1.54) is 0 Å². The van der Waals surface area contributed by atoms with Crippen molar-refractivity contribution in [2.75, 3.05) is 25.0 Å². The van der Waals surface area contributed by atoms with Crippen LogP contribution in [0.3, 0.4) is 0 Å². The highest BCUT2D eigenvalue weighted by molar-refractivity contribution is 9.09. The Kier molecular flexibility index (Phi) is 4.78. The van der Waals surface area contributed by atoms with Crippen LogP contribution in [0, 0.1) is 0 Å². The molecule has 1 heterocycles. The first-order chi connectivity index (χ1) is 8.76. The van der Waals surface area contributed by atoms with Crippen molar-refractivity contribution in [3.63, 3.8) is 0 Å². The third kappa shape index (κ3) is 2.93. The summed E-state index contributed by atoms with van der Waals surface area (Å²) >= 11 is 3.41. The van der Waals surface area contributed by atoms with Crippen LogP contribution in [0.5, 0.6) is 0 Å². The van der Waals surface area contributed by atoms with Crippen molar-refractivity contribution in [3.05, 3.63) is 35.4 Å². The third-order valence-corrected chi connectivity index (χ3v) is 3.95. The summed E-state index contributed by atoms with van der Waals surface area (Å²) in [6.07, 6.45) is 0.991. The Morgan fingerprint density at radius 2 is 2.28 bits per heavy atom. The number of alkyl halides is 1. The number of morpholine rings is 1. The molecule has 4 heteroatoms. The van der Waals surface area contributed by atoms with Crippen molar-refractivity contribution in [1.29, 1.82) is 0 Å². The van der Waals surface area contributed by atoms with Gasteiger partial charge in [-0.25, -0.2) is 0 Å². The summed E-state index contributed by atoms with van der Waals surface area (Å²) in [5.74, 6) is 0.127. The Balaban J connectivity index is 2.15. The molecule has 0 N–H and O–H groups in total. The molecule has 1 atom stereocenters. The van der Waals surface area contributed by atoms with Crippen LogP contribution in [0.15, 0.2) is 24.3 Å². The van der Waals surface area contributed by atoms with Gasteiger partial charge in [0.25, 0.3) is 5.91 Å². The molecule has 0 bridgehead atoms. The van der Waals surface area contributed by atoms with Crippen molar-refractivity contribution in [2.24, 2.45) is 0 Å². The van der Waals surface area contributed by atoms with Crippen LogP contribution >= 0.6 is 15.9 Å². The second-order valence-corrected chi connectivity index (χ2v) is 5.06. The average Bonchev–Trinajstić information content (AvgIpc) is 2.46. The number of hydrogen-bond acceptors (Lipinski definition) is 2. The number of halogens is 1. The summed E-state index contributed by atoms with van der Waals surface area (Å²) < 4.78 is 5.56. The molecule has 1 saturated heterocycles. The third-order valence-electron chi connectivity index (χ3n) is 3.23. The van der Waals surface area contributed by atoms with E-state index in [9.17, 15) is 4.79 Å². The summed E-state index contributed by atoms with van der Waals surface area (Å²) in [6, 6.07) is 7.85. The second-order valence-electron chi connectivity index (χ2n) is 4.41. The number of amides is 1. The Morgan fingerprint density at radius 1 is 1.50 bits per heavy atom. The maximum atomic E-state index is 12.5. The summed E-state index contributed by atoms with van der Waals surface area (Å²) in [5.41, 5.74) is 1.94. The first-order valence-electron chi connectivity index (χ1n) is 6.31. The van der Waals surface area contributed by atoms with Gasteiger partial charge in [0.2, 0.25) is 0 Å². The molecule has 0 aliphatic carbocycles. The van der Waals surface area contributed by atoms with Crippen LogP contribution in [-0.2, 0) is 11.2 Å². The van der Waals surface area contributed by atoms with Gasteiger partial charge in [-0.15, -0.1) is 0 Å². The first kappa shape index (κ1) is 13.6. The minimum absolute atomic E-state index is 0.108. The highest BCUT2D eigenvalue weighted by atomic mass is 79.9. The largest absolute Gasteiger partial charge is 0.374 e. The van der Waals surface area contributed by atoms with E-state index in [1.54, 1.807) is 0 Å². The van der Waals surface area contributed by atoms with Crippen LogP contribution < -0.4 is 0 Å². The lowest BCUT2D eigenvalue weighted by Gasteiger charge is -2.32. The summed E-state index contributed by atoms with van der Waals surface area (Å²) in [4.78, 5) is 14.4. The molecule has 0 saturated carbocycles. The minimum atomic E-state index is 0.108. The fourth-order valence-corrected chi connectivity index (χ4v) is 2.60. The van der Waals surface area contributed by atoms with Gasteiger partial charge < -0.3 is 9.64 Å². The summed E-state index contributed by atoms with van der Waals surface area (Å²) in [7, 11) is 0. The lowest BCUT2D eigenvalue weighted by Crippen LogP contribution is -2.46. The quantitative estimate of drug-likeness (QED) is 0.803. The van der Waals surface area contributed by atoms with E-state index in [2.05, 4.69) is 22.9 Å². The van der Waals surface area contributed by atoms with Gasteiger partial charge in [0.1, 0.15) is 0 Å². The smallest absolute Gasteiger partial charge is 0.254 e. The minimum Gasteiger partial charge on any atom is -0.374 e. The zero-order valence-electron chi connectivity index (χ0n) is 10.6. The van der Waals surface area contributed by atoms with Crippen molar-refractivity contribution < 1.29 is 9.53 Å². The van der Waals surface area contributed by atoms with Gasteiger partial charge >= 0.3 is 0 Å². The van der Waals surface area contributed by atoms with Crippen LogP contribution in [-0.4, -0.2) is 41.9 Å². The number of nitrogens with zero attached hydrogens (tertiary/aromatic N) is 1. The van der Waals surface area contributed by atoms with Crippen LogP contribution in [0.1, 0.15) is 22.8 Å². The summed E-state index contributed by atoms with van der Waals surface area (Å²) in [6.45, 7) is 4.05. The number of carbonyl (C=O) groups excluding carboxylic acids is 1. The fourth-order valence-electron chi connectivity index (χ4n) is 2.20. The van der Waals surface area contributed by atoms with Crippen LogP contribution in [0.25, 0.3) is 0 Å². The monoisotopic (exact) mass is 311 g/mol. The maximum absolute atomic E-state index is 12.5. The van der Waals surface area contributed by atoms with E-state index in [4.69, 9.17) is 4.74 Å². The standard InChI is InChI=1S/C14H18BrNO2/c1-2-11-5-3-4-6-13(11)14(17)16-7-8-18-12(9-15)10-16/h3-6,12H,2,7-10H2,1H3. The molecular formula is C14H18BrNO2. The number of ether oxygens (including phenoxy) is 1. The molecule has 1 aliphatic heterocycles. The van der Waals surface area contributed by atoms with E-state index in [0.29, 0.717) is 19.7 Å². The second kappa shape index (κ2) is 6.34. The van der Waals surface area contributed by atoms with Gasteiger partial charge in [-0.05, 0) is 18.1 Å². The van der Waals surface area contributed by atoms with E-state index >= 15 is 0 Å². The molecule has 98 valence electrons. The number of benzene rings is 1. The molecule has 1 aliphatic rings. The number of hydrogen-bond donors (Lipinski definition) is 0. The SMILES string of the molecule is CCc1ccccc1C(=O)N1CCOC(CBr)C1. The molecule has 1 unspecified atom stereocenters. The normalized spacial score (nSPS) is 19.9. The van der Waals surface area contributed by atoms with Crippen molar-refractivity contribution in [2.45, 2.75) is 19.4 Å². The molecule has 1 fully saturated rings. The number of aryl methyl sites for hydroxylation is 1.